The first-order valence-electron chi connectivity index (χ1n) is 6.61. The van der Waals surface area contributed by atoms with E-state index in [-0.39, 0.29) is 0 Å². The number of hydrogen-bond acceptors (Lipinski definition) is 4. The Morgan fingerprint density at radius 3 is 2.56 bits per heavy atom. The highest BCUT2D eigenvalue weighted by atomic mass is 15.3. The summed E-state index contributed by atoms with van der Waals surface area (Å²) >= 11 is 0. The molecule has 0 N–H and O–H groups in total. The number of hydrogen-bond donors (Lipinski definition) is 0. The number of anilines is 1. The van der Waals surface area contributed by atoms with Crippen molar-refractivity contribution in [2.24, 2.45) is 11.8 Å². The maximum atomic E-state index is 8.94. The minimum Gasteiger partial charge on any atom is -0.341 e. The van der Waals surface area contributed by atoms with E-state index in [0.29, 0.717) is 11.6 Å². The third-order valence-electron chi connectivity index (χ3n) is 3.72. The van der Waals surface area contributed by atoms with E-state index in [9.17, 15) is 0 Å². The number of nitriles is 1. The van der Waals surface area contributed by atoms with Gasteiger partial charge in [-0.1, -0.05) is 13.8 Å². The first-order valence-corrected chi connectivity index (χ1v) is 6.61. The SMILES string of the molecule is Cc1cc(C#N)nc(N2CCC(C(C)C)CC2)n1. The maximum Gasteiger partial charge on any atom is 0.226 e. The summed E-state index contributed by atoms with van der Waals surface area (Å²) in [4.78, 5) is 10.9. The molecule has 0 bridgehead atoms. The van der Waals surface area contributed by atoms with E-state index in [1.807, 2.05) is 6.92 Å². The predicted molar refractivity (Wildman–Crippen MR) is 71.3 cm³/mol. The average molecular weight is 244 g/mol. The molecule has 1 fully saturated rings. The van der Waals surface area contributed by atoms with Crippen molar-refractivity contribution in [1.82, 2.24) is 9.97 Å². The summed E-state index contributed by atoms with van der Waals surface area (Å²) in [7, 11) is 0. The van der Waals surface area contributed by atoms with Gasteiger partial charge in [0, 0.05) is 18.8 Å². The number of piperidine rings is 1. The Hall–Kier alpha value is -1.63. The first kappa shape index (κ1) is 12.8. The Morgan fingerprint density at radius 2 is 2.00 bits per heavy atom. The summed E-state index contributed by atoms with van der Waals surface area (Å²) in [6, 6.07) is 3.82. The topological polar surface area (TPSA) is 52.8 Å². The van der Waals surface area contributed by atoms with E-state index >= 15 is 0 Å². The van der Waals surface area contributed by atoms with Crippen LogP contribution in [0.1, 0.15) is 38.1 Å². The van der Waals surface area contributed by atoms with Gasteiger partial charge in [-0.05, 0) is 37.7 Å². The largest absolute Gasteiger partial charge is 0.341 e. The lowest BCUT2D eigenvalue weighted by Gasteiger charge is -2.33. The normalized spacial score (nSPS) is 16.9. The summed E-state index contributed by atoms with van der Waals surface area (Å²) in [5, 5.41) is 8.94. The standard InChI is InChI=1S/C14H20N4/c1-10(2)12-4-6-18(7-5-12)14-16-11(3)8-13(9-15)17-14/h8,10,12H,4-7H2,1-3H3. The second-order valence-electron chi connectivity index (χ2n) is 5.37. The molecular weight excluding hydrogens is 224 g/mol. The van der Waals surface area contributed by atoms with Gasteiger partial charge in [-0.15, -0.1) is 0 Å². The van der Waals surface area contributed by atoms with Crippen molar-refractivity contribution in [1.29, 1.82) is 5.26 Å². The van der Waals surface area contributed by atoms with Crippen LogP contribution in [-0.4, -0.2) is 23.1 Å². The Labute approximate surface area is 109 Å². The fourth-order valence-corrected chi connectivity index (χ4v) is 2.52. The Bertz CT molecular complexity index is 453. The fourth-order valence-electron chi connectivity index (χ4n) is 2.52. The lowest BCUT2D eigenvalue weighted by molar-refractivity contribution is 0.310. The Morgan fingerprint density at radius 1 is 1.33 bits per heavy atom. The molecule has 0 aliphatic carbocycles. The molecule has 0 unspecified atom stereocenters. The second-order valence-corrected chi connectivity index (χ2v) is 5.37. The third kappa shape index (κ3) is 2.79. The molecule has 1 saturated heterocycles. The van der Waals surface area contributed by atoms with Crippen molar-refractivity contribution >= 4 is 5.95 Å². The molecule has 0 aromatic carbocycles. The third-order valence-corrected chi connectivity index (χ3v) is 3.72. The van der Waals surface area contributed by atoms with Crippen molar-refractivity contribution in [2.45, 2.75) is 33.6 Å². The van der Waals surface area contributed by atoms with Gasteiger partial charge in [0.25, 0.3) is 0 Å². The molecular formula is C14H20N4. The molecule has 96 valence electrons. The number of nitrogens with zero attached hydrogens (tertiary/aromatic N) is 4. The molecule has 18 heavy (non-hydrogen) atoms. The summed E-state index contributed by atoms with van der Waals surface area (Å²) in [5.74, 6) is 2.27. The van der Waals surface area contributed by atoms with E-state index in [1.54, 1.807) is 6.07 Å². The van der Waals surface area contributed by atoms with E-state index in [2.05, 4.69) is 34.8 Å². The van der Waals surface area contributed by atoms with Gasteiger partial charge in [-0.25, -0.2) is 9.97 Å². The Kier molecular flexibility index (Phi) is 3.81. The van der Waals surface area contributed by atoms with E-state index in [1.165, 1.54) is 12.8 Å². The van der Waals surface area contributed by atoms with Crippen LogP contribution in [0.4, 0.5) is 5.95 Å². The van der Waals surface area contributed by atoms with Crippen LogP contribution in [0, 0.1) is 30.1 Å². The molecule has 0 amide bonds. The van der Waals surface area contributed by atoms with Crippen molar-refractivity contribution in [2.75, 3.05) is 18.0 Å². The van der Waals surface area contributed by atoms with Crippen LogP contribution in [0.15, 0.2) is 6.07 Å². The minimum atomic E-state index is 0.462. The van der Waals surface area contributed by atoms with Crippen LogP contribution >= 0.6 is 0 Å². The number of aryl methyl sites for hydroxylation is 1. The van der Waals surface area contributed by atoms with Crippen LogP contribution in [0.5, 0.6) is 0 Å². The van der Waals surface area contributed by atoms with Crippen LogP contribution in [0.3, 0.4) is 0 Å². The van der Waals surface area contributed by atoms with Gasteiger partial charge in [0.05, 0.1) is 0 Å². The first-order chi connectivity index (χ1) is 8.60. The van der Waals surface area contributed by atoms with Gasteiger partial charge < -0.3 is 4.90 Å². The quantitative estimate of drug-likeness (QED) is 0.802. The summed E-state index contributed by atoms with van der Waals surface area (Å²) in [6.45, 7) is 8.48. The average Bonchev–Trinajstić information content (AvgIpc) is 2.38. The van der Waals surface area contributed by atoms with Gasteiger partial charge >= 0.3 is 0 Å². The molecule has 1 aliphatic rings. The van der Waals surface area contributed by atoms with Gasteiger partial charge in [0.15, 0.2) is 0 Å². The lowest BCUT2D eigenvalue weighted by atomic mass is 9.87. The summed E-state index contributed by atoms with van der Waals surface area (Å²) in [5.41, 5.74) is 1.33. The molecule has 0 atom stereocenters. The van der Waals surface area contributed by atoms with Gasteiger partial charge in [0.2, 0.25) is 5.95 Å². The highest BCUT2D eigenvalue weighted by molar-refractivity contribution is 5.36. The molecule has 2 heterocycles. The van der Waals surface area contributed by atoms with Gasteiger partial charge in [-0.2, -0.15) is 5.26 Å². The zero-order valence-corrected chi connectivity index (χ0v) is 11.3. The van der Waals surface area contributed by atoms with E-state index in [4.69, 9.17) is 5.26 Å². The highest BCUT2D eigenvalue weighted by Gasteiger charge is 2.23. The Balaban J connectivity index is 2.10. The molecule has 1 aliphatic heterocycles. The second kappa shape index (κ2) is 5.34. The molecule has 1 aromatic rings. The van der Waals surface area contributed by atoms with Crippen molar-refractivity contribution in [3.63, 3.8) is 0 Å². The zero-order valence-electron chi connectivity index (χ0n) is 11.3. The number of aromatic nitrogens is 2. The van der Waals surface area contributed by atoms with Crippen LogP contribution in [0.25, 0.3) is 0 Å². The zero-order chi connectivity index (χ0) is 13.1. The van der Waals surface area contributed by atoms with Crippen LogP contribution < -0.4 is 4.90 Å². The fraction of sp³-hybridized carbons (Fsp3) is 0.643. The molecule has 0 saturated carbocycles. The summed E-state index contributed by atoms with van der Waals surface area (Å²) < 4.78 is 0. The number of rotatable bonds is 2. The molecule has 0 spiro atoms. The minimum absolute atomic E-state index is 0.462. The molecule has 4 heteroatoms. The maximum absolute atomic E-state index is 8.94. The van der Waals surface area contributed by atoms with Gasteiger partial charge in [0.1, 0.15) is 11.8 Å². The molecule has 0 radical (unpaired) electrons. The van der Waals surface area contributed by atoms with E-state index < -0.39 is 0 Å². The van der Waals surface area contributed by atoms with Gasteiger partial charge in [-0.3, -0.25) is 0 Å². The van der Waals surface area contributed by atoms with E-state index in [0.717, 1.165) is 30.6 Å². The van der Waals surface area contributed by atoms with Crippen molar-refractivity contribution < 1.29 is 0 Å². The van der Waals surface area contributed by atoms with Crippen LogP contribution in [-0.2, 0) is 0 Å². The molecule has 2 rings (SSSR count). The monoisotopic (exact) mass is 244 g/mol. The highest BCUT2D eigenvalue weighted by Crippen LogP contribution is 2.26. The van der Waals surface area contributed by atoms with Crippen LogP contribution in [0.2, 0.25) is 0 Å². The van der Waals surface area contributed by atoms with Crippen molar-refractivity contribution in [3.8, 4) is 6.07 Å². The molecule has 1 aromatic heterocycles. The van der Waals surface area contributed by atoms with Crippen molar-refractivity contribution in [3.05, 3.63) is 17.5 Å². The summed E-state index contributed by atoms with van der Waals surface area (Å²) in [6.07, 6.45) is 2.38. The smallest absolute Gasteiger partial charge is 0.226 e. The molecule has 4 nitrogen and oxygen atoms in total. The lowest BCUT2D eigenvalue weighted by Crippen LogP contribution is -2.36. The predicted octanol–water partition coefficient (Wildman–Crippen LogP) is 2.53.